The fraction of sp³-hybridized carbons (Fsp3) is 0.333. The average Bonchev–Trinajstić information content (AvgIpc) is 3.10. The van der Waals surface area contributed by atoms with Gasteiger partial charge in [0.15, 0.2) is 0 Å². The minimum absolute atomic E-state index is 0.0234. The third-order valence-corrected chi connectivity index (χ3v) is 4.19. The Morgan fingerprint density at radius 2 is 2.14 bits per heavy atom. The molecule has 22 heavy (non-hydrogen) atoms. The monoisotopic (exact) mass is 295 g/mol. The number of imidazole rings is 1. The van der Waals surface area contributed by atoms with E-state index in [2.05, 4.69) is 34.6 Å². The van der Waals surface area contributed by atoms with E-state index in [1.54, 1.807) is 12.5 Å². The van der Waals surface area contributed by atoms with Crippen LogP contribution in [-0.4, -0.2) is 15.5 Å². The van der Waals surface area contributed by atoms with Crippen LogP contribution in [0, 0.1) is 5.92 Å². The molecule has 0 unspecified atom stereocenters. The predicted molar refractivity (Wildman–Crippen MR) is 86.6 cm³/mol. The van der Waals surface area contributed by atoms with Crippen molar-refractivity contribution in [1.82, 2.24) is 14.9 Å². The zero-order chi connectivity index (χ0) is 15.4. The molecule has 4 heteroatoms. The number of benzene rings is 1. The van der Waals surface area contributed by atoms with Crippen molar-refractivity contribution in [3.63, 3.8) is 0 Å². The van der Waals surface area contributed by atoms with E-state index < -0.39 is 0 Å². The van der Waals surface area contributed by atoms with Crippen LogP contribution in [0.15, 0.2) is 55.1 Å². The second-order valence-corrected chi connectivity index (χ2v) is 5.77. The number of hydrogen-bond acceptors (Lipinski definition) is 2. The molecule has 0 spiro atoms. The summed E-state index contributed by atoms with van der Waals surface area (Å²) in [5.74, 6) is 0.285. The van der Waals surface area contributed by atoms with E-state index in [1.807, 2.05) is 29.8 Å². The standard InChI is InChI=1S/C18H21N3O/c1-14(20-18(22)16-5-3-2-4-6-16)15-7-9-17(10-8-15)21-12-11-19-13-21/h2-3,7-14,16H,4-6H2,1H3,(H,20,22)/t14-,16+/m0/s1. The Labute approximate surface area is 130 Å². The molecule has 114 valence electrons. The zero-order valence-electron chi connectivity index (χ0n) is 12.8. The first-order valence-corrected chi connectivity index (χ1v) is 7.77. The highest BCUT2D eigenvalue weighted by Crippen LogP contribution is 2.21. The van der Waals surface area contributed by atoms with E-state index >= 15 is 0 Å². The van der Waals surface area contributed by atoms with Crippen LogP contribution in [0.1, 0.15) is 37.8 Å². The molecule has 0 saturated heterocycles. The van der Waals surface area contributed by atoms with Crippen LogP contribution in [0.2, 0.25) is 0 Å². The topological polar surface area (TPSA) is 46.9 Å². The lowest BCUT2D eigenvalue weighted by Crippen LogP contribution is -2.33. The van der Waals surface area contributed by atoms with E-state index in [0.29, 0.717) is 0 Å². The van der Waals surface area contributed by atoms with E-state index in [1.165, 1.54) is 0 Å². The lowest BCUT2D eigenvalue weighted by Gasteiger charge is -2.21. The Balaban J connectivity index is 1.63. The molecule has 0 fully saturated rings. The van der Waals surface area contributed by atoms with Gasteiger partial charge in [0.25, 0.3) is 0 Å². The molecule has 1 aromatic carbocycles. The van der Waals surface area contributed by atoms with Crippen molar-refractivity contribution >= 4 is 5.91 Å². The molecular formula is C18H21N3O. The summed E-state index contributed by atoms with van der Waals surface area (Å²) in [7, 11) is 0. The van der Waals surface area contributed by atoms with Gasteiger partial charge in [0, 0.05) is 24.0 Å². The summed E-state index contributed by atoms with van der Waals surface area (Å²) in [4.78, 5) is 16.3. The minimum Gasteiger partial charge on any atom is -0.349 e. The van der Waals surface area contributed by atoms with Gasteiger partial charge in [-0.25, -0.2) is 4.98 Å². The van der Waals surface area contributed by atoms with Gasteiger partial charge in [0.2, 0.25) is 5.91 Å². The van der Waals surface area contributed by atoms with E-state index in [0.717, 1.165) is 30.5 Å². The largest absolute Gasteiger partial charge is 0.349 e. The summed E-state index contributed by atoms with van der Waals surface area (Å²) in [6.07, 6.45) is 12.5. The summed E-state index contributed by atoms with van der Waals surface area (Å²) >= 11 is 0. The van der Waals surface area contributed by atoms with Crippen molar-refractivity contribution in [3.8, 4) is 5.69 Å². The molecule has 0 aliphatic heterocycles. The maximum Gasteiger partial charge on any atom is 0.223 e. The zero-order valence-corrected chi connectivity index (χ0v) is 12.8. The number of carbonyl (C=O) groups is 1. The molecule has 1 aliphatic rings. The third kappa shape index (κ3) is 3.27. The molecule has 1 aromatic heterocycles. The molecule has 1 heterocycles. The predicted octanol–water partition coefficient (Wildman–Crippen LogP) is 3.41. The van der Waals surface area contributed by atoms with E-state index in [9.17, 15) is 4.79 Å². The SMILES string of the molecule is C[C@H](NC(=O)[C@@H]1CC=CCC1)c1ccc(-n2ccnc2)cc1. The fourth-order valence-corrected chi connectivity index (χ4v) is 2.79. The number of amides is 1. The number of carbonyl (C=O) groups excluding carboxylic acids is 1. The summed E-state index contributed by atoms with van der Waals surface area (Å²) in [6.45, 7) is 2.03. The second kappa shape index (κ2) is 6.60. The van der Waals surface area contributed by atoms with Crippen LogP contribution in [0.4, 0.5) is 0 Å². The lowest BCUT2D eigenvalue weighted by atomic mass is 9.93. The number of rotatable bonds is 4. The van der Waals surface area contributed by atoms with Gasteiger partial charge >= 0.3 is 0 Å². The summed E-state index contributed by atoms with van der Waals surface area (Å²) in [6, 6.07) is 8.23. The first-order chi connectivity index (χ1) is 10.7. The molecule has 4 nitrogen and oxygen atoms in total. The van der Waals surface area contributed by atoms with Gasteiger partial charge in [-0.2, -0.15) is 0 Å². The van der Waals surface area contributed by atoms with Crippen molar-refractivity contribution in [1.29, 1.82) is 0 Å². The first-order valence-electron chi connectivity index (χ1n) is 7.77. The maximum absolute atomic E-state index is 12.3. The van der Waals surface area contributed by atoms with Crippen LogP contribution in [0.5, 0.6) is 0 Å². The van der Waals surface area contributed by atoms with Crippen LogP contribution < -0.4 is 5.32 Å². The second-order valence-electron chi connectivity index (χ2n) is 5.77. The lowest BCUT2D eigenvalue weighted by molar-refractivity contribution is -0.125. The molecule has 0 saturated carbocycles. The number of nitrogens with zero attached hydrogens (tertiary/aromatic N) is 2. The molecule has 2 atom stereocenters. The Morgan fingerprint density at radius 3 is 2.77 bits per heavy atom. The molecule has 1 aliphatic carbocycles. The Hall–Kier alpha value is -2.36. The molecule has 1 amide bonds. The summed E-state index contributed by atoms with van der Waals surface area (Å²) in [5.41, 5.74) is 2.18. The highest BCUT2D eigenvalue weighted by Gasteiger charge is 2.20. The van der Waals surface area contributed by atoms with Crippen LogP contribution in [0.3, 0.4) is 0 Å². The average molecular weight is 295 g/mol. The molecule has 1 N–H and O–H groups in total. The van der Waals surface area contributed by atoms with Crippen molar-refractivity contribution in [2.75, 3.05) is 0 Å². The summed E-state index contributed by atoms with van der Waals surface area (Å²) in [5, 5.41) is 3.13. The minimum atomic E-state index is 0.0234. The van der Waals surface area contributed by atoms with Gasteiger partial charge in [0.05, 0.1) is 12.4 Å². The molecule has 3 rings (SSSR count). The number of hydrogen-bond donors (Lipinski definition) is 1. The Morgan fingerprint density at radius 1 is 1.32 bits per heavy atom. The Kier molecular flexibility index (Phi) is 4.37. The van der Waals surface area contributed by atoms with Crippen molar-refractivity contribution in [2.45, 2.75) is 32.2 Å². The van der Waals surface area contributed by atoms with Gasteiger partial charge in [-0.3, -0.25) is 4.79 Å². The quantitative estimate of drug-likeness (QED) is 0.879. The molecule has 0 bridgehead atoms. The van der Waals surface area contributed by atoms with E-state index in [4.69, 9.17) is 0 Å². The molecule has 0 radical (unpaired) electrons. The van der Waals surface area contributed by atoms with Crippen LogP contribution in [0.25, 0.3) is 5.69 Å². The molecular weight excluding hydrogens is 274 g/mol. The third-order valence-electron chi connectivity index (χ3n) is 4.19. The highest BCUT2D eigenvalue weighted by atomic mass is 16.1. The van der Waals surface area contributed by atoms with Crippen molar-refractivity contribution in [3.05, 3.63) is 60.7 Å². The maximum atomic E-state index is 12.3. The first kappa shape index (κ1) is 14.6. The smallest absolute Gasteiger partial charge is 0.223 e. The van der Waals surface area contributed by atoms with Crippen molar-refractivity contribution in [2.24, 2.45) is 5.92 Å². The number of nitrogens with one attached hydrogen (secondary N) is 1. The van der Waals surface area contributed by atoms with Gasteiger partial charge in [-0.15, -0.1) is 0 Å². The van der Waals surface area contributed by atoms with Gasteiger partial charge in [0.1, 0.15) is 0 Å². The Bertz CT molecular complexity index is 643. The number of allylic oxidation sites excluding steroid dienone is 2. The van der Waals surface area contributed by atoms with Crippen LogP contribution in [-0.2, 0) is 4.79 Å². The number of aromatic nitrogens is 2. The van der Waals surface area contributed by atoms with Gasteiger partial charge in [-0.05, 0) is 43.9 Å². The fourth-order valence-electron chi connectivity index (χ4n) is 2.79. The highest BCUT2D eigenvalue weighted by molar-refractivity contribution is 5.79. The van der Waals surface area contributed by atoms with Crippen LogP contribution >= 0.6 is 0 Å². The normalized spacial score (nSPS) is 18.9. The summed E-state index contributed by atoms with van der Waals surface area (Å²) < 4.78 is 1.96. The van der Waals surface area contributed by atoms with Gasteiger partial charge in [-0.1, -0.05) is 24.3 Å². The van der Waals surface area contributed by atoms with Gasteiger partial charge < -0.3 is 9.88 Å². The van der Waals surface area contributed by atoms with E-state index in [-0.39, 0.29) is 17.9 Å². The van der Waals surface area contributed by atoms with Crippen molar-refractivity contribution < 1.29 is 4.79 Å². The molecule has 2 aromatic rings.